The zero-order chi connectivity index (χ0) is 12.4. The molecule has 0 saturated heterocycles. The summed E-state index contributed by atoms with van der Waals surface area (Å²) in [7, 11) is 3.73. The molecule has 0 fully saturated rings. The molecule has 0 atom stereocenters. The van der Waals surface area contributed by atoms with Crippen LogP contribution in [0.1, 0.15) is 11.4 Å². The van der Waals surface area contributed by atoms with Gasteiger partial charge in [0.1, 0.15) is 10.9 Å². The molecule has 2 rings (SSSR count). The molecule has 0 radical (unpaired) electrons. The summed E-state index contributed by atoms with van der Waals surface area (Å²) in [6.45, 7) is 3.90. The van der Waals surface area contributed by atoms with Gasteiger partial charge in [-0.05, 0) is 25.6 Å². The lowest BCUT2D eigenvalue weighted by Gasteiger charge is -2.05. The van der Waals surface area contributed by atoms with Crippen LogP contribution in [0.25, 0.3) is 0 Å². The largest absolute Gasteiger partial charge is 0.357 e. The van der Waals surface area contributed by atoms with Gasteiger partial charge < -0.3 is 9.88 Å². The van der Waals surface area contributed by atoms with Crippen LogP contribution in [0.5, 0.6) is 0 Å². The molecule has 0 aliphatic rings. The van der Waals surface area contributed by atoms with Crippen molar-refractivity contribution in [2.45, 2.75) is 24.0 Å². The van der Waals surface area contributed by atoms with Gasteiger partial charge in [-0.2, -0.15) is 0 Å². The lowest BCUT2D eigenvalue weighted by atomic mass is 10.4. The molecule has 0 saturated carbocycles. The number of aryl methyl sites for hydroxylation is 2. The molecule has 2 aromatic heterocycles. The van der Waals surface area contributed by atoms with Gasteiger partial charge in [-0.1, -0.05) is 0 Å². The number of hydrogen-bond acceptors (Lipinski definition) is 6. The summed E-state index contributed by atoms with van der Waals surface area (Å²) < 4.78 is 1.94. The summed E-state index contributed by atoms with van der Waals surface area (Å²) in [5.41, 5.74) is 1.02. The maximum Gasteiger partial charge on any atom is 0.223 e. The summed E-state index contributed by atoms with van der Waals surface area (Å²) in [5, 5.41) is 12.8. The van der Waals surface area contributed by atoms with Crippen LogP contribution in [0.2, 0.25) is 0 Å². The predicted octanol–water partition coefficient (Wildman–Crippen LogP) is 1.41. The zero-order valence-corrected chi connectivity index (χ0v) is 11.0. The average Bonchev–Trinajstić information content (AvgIpc) is 2.64. The Labute approximate surface area is 104 Å². The van der Waals surface area contributed by atoms with Crippen LogP contribution in [-0.2, 0) is 7.05 Å². The van der Waals surface area contributed by atoms with Crippen molar-refractivity contribution < 1.29 is 0 Å². The van der Waals surface area contributed by atoms with Crippen LogP contribution in [0.4, 0.5) is 5.95 Å². The first kappa shape index (κ1) is 11.8. The fourth-order valence-electron chi connectivity index (χ4n) is 1.21. The Hall–Kier alpha value is -1.63. The Balaban J connectivity index is 2.32. The molecular formula is C10H14N6S. The van der Waals surface area contributed by atoms with E-state index in [1.54, 1.807) is 13.2 Å². The highest BCUT2D eigenvalue weighted by Crippen LogP contribution is 2.27. The minimum atomic E-state index is 0.608. The second kappa shape index (κ2) is 4.70. The first-order chi connectivity index (χ1) is 8.11. The monoisotopic (exact) mass is 250 g/mol. The number of nitrogens with one attached hydrogen (secondary N) is 1. The molecule has 90 valence electrons. The Kier molecular flexibility index (Phi) is 3.28. The Morgan fingerprint density at radius 2 is 2.06 bits per heavy atom. The van der Waals surface area contributed by atoms with Crippen molar-refractivity contribution in [2.24, 2.45) is 7.05 Å². The first-order valence-electron chi connectivity index (χ1n) is 5.17. The topological polar surface area (TPSA) is 68.5 Å². The lowest BCUT2D eigenvalue weighted by molar-refractivity contribution is 0.764. The highest BCUT2D eigenvalue weighted by Gasteiger charge is 2.11. The van der Waals surface area contributed by atoms with Gasteiger partial charge in [0, 0.05) is 25.9 Å². The number of nitrogens with zero attached hydrogens (tertiary/aromatic N) is 5. The highest BCUT2D eigenvalue weighted by molar-refractivity contribution is 7.99. The lowest BCUT2D eigenvalue weighted by Crippen LogP contribution is -1.99. The Morgan fingerprint density at radius 1 is 1.29 bits per heavy atom. The van der Waals surface area contributed by atoms with E-state index < -0.39 is 0 Å². The summed E-state index contributed by atoms with van der Waals surface area (Å²) in [6, 6.07) is 0. The number of aromatic nitrogens is 5. The first-order valence-corrected chi connectivity index (χ1v) is 5.98. The van der Waals surface area contributed by atoms with Crippen molar-refractivity contribution in [2.75, 3.05) is 12.4 Å². The second-order valence-corrected chi connectivity index (χ2v) is 4.58. The van der Waals surface area contributed by atoms with Crippen molar-refractivity contribution in [3.63, 3.8) is 0 Å². The van der Waals surface area contributed by atoms with Gasteiger partial charge in [0.05, 0.1) is 0 Å². The van der Waals surface area contributed by atoms with Crippen LogP contribution < -0.4 is 5.32 Å². The van der Waals surface area contributed by atoms with Crippen LogP contribution in [0.15, 0.2) is 16.4 Å². The Morgan fingerprint density at radius 3 is 2.65 bits per heavy atom. The van der Waals surface area contributed by atoms with Crippen molar-refractivity contribution in [1.29, 1.82) is 0 Å². The Bertz CT molecular complexity index is 536. The van der Waals surface area contributed by atoms with Gasteiger partial charge in [0.2, 0.25) is 5.95 Å². The second-order valence-electron chi connectivity index (χ2n) is 3.62. The molecule has 0 unspecified atom stereocenters. The van der Waals surface area contributed by atoms with E-state index in [0.717, 1.165) is 21.6 Å². The third kappa shape index (κ3) is 2.38. The molecule has 2 heterocycles. The van der Waals surface area contributed by atoms with Crippen molar-refractivity contribution in [3.05, 3.63) is 17.6 Å². The zero-order valence-electron chi connectivity index (χ0n) is 10.2. The maximum atomic E-state index is 4.40. The molecule has 1 N–H and O–H groups in total. The SMILES string of the molecule is CNc1ncc(C)c(Sc2nnc(C)n2C)n1. The van der Waals surface area contributed by atoms with E-state index >= 15 is 0 Å². The van der Waals surface area contributed by atoms with Gasteiger partial charge in [0.25, 0.3) is 0 Å². The molecule has 0 aliphatic carbocycles. The van der Waals surface area contributed by atoms with Crippen LogP contribution in [0.3, 0.4) is 0 Å². The highest BCUT2D eigenvalue weighted by atomic mass is 32.2. The molecule has 2 aromatic rings. The molecule has 0 bridgehead atoms. The molecule has 0 aromatic carbocycles. The van der Waals surface area contributed by atoms with Crippen LogP contribution in [-0.4, -0.2) is 31.8 Å². The van der Waals surface area contributed by atoms with E-state index in [2.05, 4.69) is 25.5 Å². The number of anilines is 1. The molecule has 0 aliphatic heterocycles. The van der Waals surface area contributed by atoms with Crippen molar-refractivity contribution in [1.82, 2.24) is 24.7 Å². The average molecular weight is 250 g/mol. The molecule has 0 amide bonds. The van der Waals surface area contributed by atoms with Gasteiger partial charge >= 0.3 is 0 Å². The minimum absolute atomic E-state index is 0.608. The summed E-state index contributed by atoms with van der Waals surface area (Å²) in [5.74, 6) is 1.49. The van der Waals surface area contributed by atoms with Gasteiger partial charge in [0.15, 0.2) is 5.16 Å². The summed E-state index contributed by atoms with van der Waals surface area (Å²) in [4.78, 5) is 8.54. The minimum Gasteiger partial charge on any atom is -0.357 e. The third-order valence-electron chi connectivity index (χ3n) is 2.39. The molecule has 17 heavy (non-hydrogen) atoms. The van der Waals surface area contributed by atoms with E-state index in [1.165, 1.54) is 11.8 Å². The van der Waals surface area contributed by atoms with Gasteiger partial charge in [-0.25, -0.2) is 9.97 Å². The van der Waals surface area contributed by atoms with E-state index in [-0.39, 0.29) is 0 Å². The van der Waals surface area contributed by atoms with Crippen LogP contribution >= 0.6 is 11.8 Å². The molecule has 0 spiro atoms. The predicted molar refractivity (Wildman–Crippen MR) is 66.2 cm³/mol. The fourth-order valence-corrected chi connectivity index (χ4v) is 2.08. The summed E-state index contributed by atoms with van der Waals surface area (Å²) in [6.07, 6.45) is 1.80. The number of rotatable bonds is 3. The normalized spacial score (nSPS) is 10.6. The van der Waals surface area contributed by atoms with Crippen LogP contribution in [0, 0.1) is 13.8 Å². The van der Waals surface area contributed by atoms with Crippen molar-refractivity contribution >= 4 is 17.7 Å². The molecule has 6 nitrogen and oxygen atoms in total. The van der Waals surface area contributed by atoms with Gasteiger partial charge in [-0.15, -0.1) is 10.2 Å². The van der Waals surface area contributed by atoms with E-state index in [4.69, 9.17) is 0 Å². The van der Waals surface area contributed by atoms with Crippen molar-refractivity contribution in [3.8, 4) is 0 Å². The van der Waals surface area contributed by atoms with E-state index in [9.17, 15) is 0 Å². The standard InChI is InChI=1S/C10H14N6S/c1-6-5-12-9(11-3)13-8(6)17-10-15-14-7(2)16(10)4/h5H,1-4H3,(H,11,12,13). The summed E-state index contributed by atoms with van der Waals surface area (Å²) >= 11 is 1.49. The van der Waals surface area contributed by atoms with Gasteiger partial charge in [-0.3, -0.25) is 0 Å². The smallest absolute Gasteiger partial charge is 0.223 e. The quantitative estimate of drug-likeness (QED) is 0.831. The van der Waals surface area contributed by atoms with E-state index in [1.807, 2.05) is 25.5 Å². The molecular weight excluding hydrogens is 236 g/mol. The third-order valence-corrected chi connectivity index (χ3v) is 3.53. The molecule has 7 heteroatoms. The number of hydrogen-bond donors (Lipinski definition) is 1. The maximum absolute atomic E-state index is 4.40. The van der Waals surface area contributed by atoms with E-state index in [0.29, 0.717) is 5.95 Å². The fraction of sp³-hybridized carbons (Fsp3) is 0.400.